The van der Waals surface area contributed by atoms with Crippen LogP contribution in [0.2, 0.25) is 0 Å². The standard InChI is InChI=1S/C20H28N4O2/c1-2-22-12-5-8-20(19(22)26)9-13-24(15-20)17-7-6-16(14-21-17)18(25)23-10-3-4-11-23/h6-7,14H,2-5,8-13,15H2,1H3. The number of hydrogen-bond donors (Lipinski definition) is 0. The smallest absolute Gasteiger partial charge is 0.255 e. The van der Waals surface area contributed by atoms with E-state index in [9.17, 15) is 9.59 Å². The number of nitrogens with zero attached hydrogens (tertiary/aromatic N) is 4. The van der Waals surface area contributed by atoms with Gasteiger partial charge in [-0.1, -0.05) is 0 Å². The Bertz CT molecular complexity index is 684. The van der Waals surface area contributed by atoms with E-state index < -0.39 is 0 Å². The van der Waals surface area contributed by atoms with E-state index in [0.29, 0.717) is 11.5 Å². The molecule has 0 N–H and O–H groups in total. The van der Waals surface area contributed by atoms with E-state index in [1.165, 1.54) is 0 Å². The van der Waals surface area contributed by atoms with Gasteiger partial charge in [0.25, 0.3) is 5.91 Å². The first-order valence-corrected chi connectivity index (χ1v) is 9.93. The van der Waals surface area contributed by atoms with Crippen LogP contribution in [0.3, 0.4) is 0 Å². The van der Waals surface area contributed by atoms with Crippen LogP contribution in [0, 0.1) is 5.41 Å². The second-order valence-corrected chi connectivity index (χ2v) is 7.84. The number of piperidine rings is 1. The summed E-state index contributed by atoms with van der Waals surface area (Å²) in [5.74, 6) is 1.27. The molecule has 3 fully saturated rings. The summed E-state index contributed by atoms with van der Waals surface area (Å²) in [6.45, 7) is 7.05. The minimum absolute atomic E-state index is 0.0838. The molecule has 0 saturated carbocycles. The lowest BCUT2D eigenvalue weighted by molar-refractivity contribution is -0.144. The van der Waals surface area contributed by atoms with Gasteiger partial charge in [0.15, 0.2) is 0 Å². The lowest BCUT2D eigenvalue weighted by Gasteiger charge is -2.38. The van der Waals surface area contributed by atoms with E-state index in [0.717, 1.165) is 77.2 Å². The highest BCUT2D eigenvalue weighted by molar-refractivity contribution is 5.94. The average Bonchev–Trinajstić information content (AvgIpc) is 3.35. The van der Waals surface area contributed by atoms with Crippen molar-refractivity contribution in [1.29, 1.82) is 0 Å². The average molecular weight is 356 g/mol. The predicted octanol–water partition coefficient (Wildman–Crippen LogP) is 2.16. The van der Waals surface area contributed by atoms with Gasteiger partial charge in [-0.05, 0) is 51.2 Å². The number of amides is 2. The highest BCUT2D eigenvalue weighted by Crippen LogP contribution is 2.41. The number of carbonyl (C=O) groups excluding carboxylic acids is 2. The molecule has 3 saturated heterocycles. The minimum atomic E-state index is -0.236. The molecule has 4 rings (SSSR count). The van der Waals surface area contributed by atoms with E-state index in [2.05, 4.69) is 16.8 Å². The number of rotatable bonds is 3. The van der Waals surface area contributed by atoms with Crippen molar-refractivity contribution < 1.29 is 9.59 Å². The fourth-order valence-electron chi connectivity index (χ4n) is 4.70. The summed E-state index contributed by atoms with van der Waals surface area (Å²) in [6.07, 6.45) is 6.85. The number of carbonyl (C=O) groups is 2. The van der Waals surface area contributed by atoms with Crippen LogP contribution >= 0.6 is 0 Å². The Hall–Kier alpha value is -2.11. The molecule has 4 heterocycles. The van der Waals surface area contributed by atoms with Crippen LogP contribution in [0.15, 0.2) is 18.3 Å². The molecule has 1 aromatic rings. The van der Waals surface area contributed by atoms with Crippen molar-refractivity contribution >= 4 is 17.6 Å². The molecular weight excluding hydrogens is 328 g/mol. The third-order valence-corrected chi connectivity index (χ3v) is 6.27. The highest BCUT2D eigenvalue weighted by atomic mass is 16.2. The highest BCUT2D eigenvalue weighted by Gasteiger charge is 2.48. The SMILES string of the molecule is CCN1CCCC2(CCN(c3ccc(C(=O)N4CCCC4)cn3)C2)C1=O. The summed E-state index contributed by atoms with van der Waals surface area (Å²) < 4.78 is 0. The summed E-state index contributed by atoms with van der Waals surface area (Å²) in [5.41, 5.74) is 0.426. The number of hydrogen-bond acceptors (Lipinski definition) is 4. The van der Waals surface area contributed by atoms with Gasteiger partial charge in [-0.2, -0.15) is 0 Å². The number of likely N-dealkylation sites (tertiary alicyclic amines) is 2. The molecule has 6 heteroatoms. The summed E-state index contributed by atoms with van der Waals surface area (Å²) in [6, 6.07) is 3.82. The van der Waals surface area contributed by atoms with Crippen LogP contribution in [-0.2, 0) is 4.79 Å². The topological polar surface area (TPSA) is 56.8 Å². The Labute approximate surface area is 155 Å². The van der Waals surface area contributed by atoms with E-state index in [-0.39, 0.29) is 11.3 Å². The molecule has 1 atom stereocenters. The molecule has 2 amide bonds. The van der Waals surface area contributed by atoms with E-state index in [4.69, 9.17) is 0 Å². The van der Waals surface area contributed by atoms with Crippen LogP contribution in [0.1, 0.15) is 49.4 Å². The van der Waals surface area contributed by atoms with E-state index >= 15 is 0 Å². The van der Waals surface area contributed by atoms with E-state index in [1.54, 1.807) is 6.20 Å². The van der Waals surface area contributed by atoms with Crippen molar-refractivity contribution in [3.63, 3.8) is 0 Å². The van der Waals surface area contributed by atoms with Crippen LogP contribution < -0.4 is 4.90 Å². The predicted molar refractivity (Wildman–Crippen MR) is 100 cm³/mol. The molecule has 0 bridgehead atoms. The fraction of sp³-hybridized carbons (Fsp3) is 0.650. The van der Waals surface area contributed by atoms with Crippen LogP contribution in [0.25, 0.3) is 0 Å². The molecular formula is C20H28N4O2. The van der Waals surface area contributed by atoms with Crippen molar-refractivity contribution in [2.24, 2.45) is 5.41 Å². The molecule has 140 valence electrons. The quantitative estimate of drug-likeness (QED) is 0.833. The molecule has 1 aromatic heterocycles. The maximum absolute atomic E-state index is 12.9. The number of pyridine rings is 1. The molecule has 26 heavy (non-hydrogen) atoms. The van der Waals surface area contributed by atoms with E-state index in [1.807, 2.05) is 21.9 Å². The fourth-order valence-corrected chi connectivity index (χ4v) is 4.70. The Morgan fingerprint density at radius 3 is 2.62 bits per heavy atom. The lowest BCUT2D eigenvalue weighted by atomic mass is 9.78. The molecule has 0 aliphatic carbocycles. The Kier molecular flexibility index (Phi) is 4.59. The Balaban J connectivity index is 1.45. The number of aromatic nitrogens is 1. The third-order valence-electron chi connectivity index (χ3n) is 6.27. The first kappa shape index (κ1) is 17.3. The van der Waals surface area contributed by atoms with Crippen molar-refractivity contribution in [2.75, 3.05) is 44.2 Å². The van der Waals surface area contributed by atoms with Crippen molar-refractivity contribution in [3.05, 3.63) is 23.9 Å². The van der Waals surface area contributed by atoms with Gasteiger partial charge in [0.05, 0.1) is 11.0 Å². The zero-order valence-corrected chi connectivity index (χ0v) is 15.6. The second kappa shape index (κ2) is 6.89. The zero-order valence-electron chi connectivity index (χ0n) is 15.6. The van der Waals surface area contributed by atoms with Gasteiger partial charge >= 0.3 is 0 Å². The summed E-state index contributed by atoms with van der Waals surface area (Å²) in [5, 5.41) is 0. The van der Waals surface area contributed by atoms with Gasteiger partial charge in [-0.3, -0.25) is 9.59 Å². The Morgan fingerprint density at radius 2 is 1.92 bits per heavy atom. The Morgan fingerprint density at radius 1 is 1.12 bits per heavy atom. The molecule has 0 aromatic carbocycles. The molecule has 1 spiro atoms. The van der Waals surface area contributed by atoms with Gasteiger partial charge in [0.2, 0.25) is 5.91 Å². The van der Waals surface area contributed by atoms with Gasteiger partial charge in [0.1, 0.15) is 5.82 Å². The first-order chi connectivity index (χ1) is 12.6. The maximum atomic E-state index is 12.9. The maximum Gasteiger partial charge on any atom is 0.255 e. The number of anilines is 1. The summed E-state index contributed by atoms with van der Waals surface area (Å²) >= 11 is 0. The van der Waals surface area contributed by atoms with Crippen LogP contribution in [-0.4, -0.2) is 65.9 Å². The monoisotopic (exact) mass is 356 g/mol. The largest absolute Gasteiger partial charge is 0.356 e. The van der Waals surface area contributed by atoms with Gasteiger partial charge in [-0.25, -0.2) is 4.98 Å². The third kappa shape index (κ3) is 2.95. The molecule has 3 aliphatic heterocycles. The normalized spacial score (nSPS) is 26.2. The summed E-state index contributed by atoms with van der Waals surface area (Å²) in [4.78, 5) is 36.0. The molecule has 0 radical (unpaired) electrons. The summed E-state index contributed by atoms with van der Waals surface area (Å²) in [7, 11) is 0. The molecule has 6 nitrogen and oxygen atoms in total. The van der Waals surface area contributed by atoms with Crippen LogP contribution in [0.4, 0.5) is 5.82 Å². The van der Waals surface area contributed by atoms with Crippen molar-refractivity contribution in [1.82, 2.24) is 14.8 Å². The minimum Gasteiger partial charge on any atom is -0.356 e. The van der Waals surface area contributed by atoms with Crippen LogP contribution in [0.5, 0.6) is 0 Å². The van der Waals surface area contributed by atoms with Crippen molar-refractivity contribution in [2.45, 2.75) is 39.0 Å². The molecule has 3 aliphatic rings. The molecule has 1 unspecified atom stereocenters. The van der Waals surface area contributed by atoms with Gasteiger partial charge < -0.3 is 14.7 Å². The first-order valence-electron chi connectivity index (χ1n) is 9.93. The van der Waals surface area contributed by atoms with Gasteiger partial charge in [-0.15, -0.1) is 0 Å². The zero-order chi connectivity index (χ0) is 18.1. The van der Waals surface area contributed by atoms with Crippen molar-refractivity contribution in [3.8, 4) is 0 Å². The lowest BCUT2D eigenvalue weighted by Crippen LogP contribution is -2.49. The van der Waals surface area contributed by atoms with Gasteiger partial charge in [0, 0.05) is 45.5 Å². The second-order valence-electron chi connectivity index (χ2n) is 7.84.